The minimum Gasteiger partial charge on any atom is -0.444 e. The average molecular weight is 446 g/mol. The van der Waals surface area contributed by atoms with E-state index in [4.69, 9.17) is 4.74 Å². The van der Waals surface area contributed by atoms with E-state index in [0.29, 0.717) is 16.9 Å². The van der Waals surface area contributed by atoms with Gasteiger partial charge in [0.1, 0.15) is 11.3 Å². The van der Waals surface area contributed by atoms with E-state index in [9.17, 15) is 14.4 Å². The van der Waals surface area contributed by atoms with Crippen molar-refractivity contribution in [2.45, 2.75) is 39.7 Å². The van der Waals surface area contributed by atoms with E-state index in [0.717, 1.165) is 11.1 Å². The zero-order chi connectivity index (χ0) is 24.0. The number of carbonyl (C=O) groups excluding carboxylic acids is 3. The van der Waals surface area contributed by atoms with Gasteiger partial charge in [0, 0.05) is 24.0 Å². The third kappa shape index (κ3) is 7.28. The van der Waals surface area contributed by atoms with Gasteiger partial charge in [0.25, 0.3) is 5.91 Å². The van der Waals surface area contributed by atoms with Crippen LogP contribution in [0.4, 0.5) is 16.2 Å². The van der Waals surface area contributed by atoms with Crippen molar-refractivity contribution >= 4 is 29.2 Å². The van der Waals surface area contributed by atoms with E-state index in [1.165, 1.54) is 6.20 Å². The number of carbonyl (C=O) groups is 3. The van der Waals surface area contributed by atoms with E-state index < -0.39 is 11.7 Å². The van der Waals surface area contributed by atoms with E-state index in [-0.39, 0.29) is 23.8 Å². The summed E-state index contributed by atoms with van der Waals surface area (Å²) >= 11 is 0. The lowest BCUT2D eigenvalue weighted by molar-refractivity contribution is 0.0635. The maximum atomic E-state index is 12.6. The van der Waals surface area contributed by atoms with Crippen molar-refractivity contribution in [1.82, 2.24) is 4.98 Å². The number of ketones is 1. The fourth-order valence-corrected chi connectivity index (χ4v) is 2.94. The summed E-state index contributed by atoms with van der Waals surface area (Å²) in [6, 6.07) is 17.5. The van der Waals surface area contributed by atoms with Crippen LogP contribution in [-0.2, 0) is 11.2 Å². The number of ether oxygens (including phenoxy) is 1. The van der Waals surface area contributed by atoms with Crippen LogP contribution in [-0.4, -0.2) is 28.4 Å². The number of hydrogen-bond donors (Lipinski definition) is 2. The van der Waals surface area contributed by atoms with Gasteiger partial charge in [0.05, 0.1) is 5.56 Å². The summed E-state index contributed by atoms with van der Waals surface area (Å²) in [5, 5.41) is 5.45. The first-order valence-corrected chi connectivity index (χ1v) is 10.6. The molecule has 170 valence electrons. The summed E-state index contributed by atoms with van der Waals surface area (Å²) in [5.74, 6) is -0.466. The Balaban J connectivity index is 1.56. The standard InChI is InChI=1S/C26H27N3O4/c1-17-5-10-20(11-6-17)28-24(31)19-9-14-22(27-16-19)23(30)15-18-7-12-21(13-8-18)29-25(32)33-26(2,3)4/h5-14,16H,15H2,1-4H3,(H,28,31)(H,29,32). The number of Topliss-reactive ketones (excluding diaryl/α,β-unsaturated/α-hetero) is 1. The molecule has 0 atom stereocenters. The van der Waals surface area contributed by atoms with Gasteiger partial charge in [-0.3, -0.25) is 19.9 Å². The second-order valence-corrected chi connectivity index (χ2v) is 8.68. The van der Waals surface area contributed by atoms with Crippen molar-refractivity contribution in [3.05, 3.63) is 89.2 Å². The van der Waals surface area contributed by atoms with Crippen LogP contribution in [0.5, 0.6) is 0 Å². The molecule has 7 heteroatoms. The molecule has 1 heterocycles. The van der Waals surface area contributed by atoms with Gasteiger partial charge in [0.15, 0.2) is 5.78 Å². The number of hydrogen-bond acceptors (Lipinski definition) is 5. The van der Waals surface area contributed by atoms with Gasteiger partial charge in [-0.1, -0.05) is 29.8 Å². The van der Waals surface area contributed by atoms with Crippen molar-refractivity contribution in [3.8, 4) is 0 Å². The van der Waals surface area contributed by atoms with Crippen LogP contribution in [0.15, 0.2) is 66.9 Å². The number of aromatic nitrogens is 1. The lowest BCUT2D eigenvalue weighted by atomic mass is 10.1. The van der Waals surface area contributed by atoms with E-state index >= 15 is 0 Å². The smallest absolute Gasteiger partial charge is 0.412 e. The first-order valence-electron chi connectivity index (χ1n) is 10.6. The minimum atomic E-state index is -0.583. The Morgan fingerprint density at radius 2 is 1.45 bits per heavy atom. The predicted molar refractivity (Wildman–Crippen MR) is 128 cm³/mol. The molecule has 33 heavy (non-hydrogen) atoms. The first kappa shape index (κ1) is 23.7. The van der Waals surface area contributed by atoms with Crippen molar-refractivity contribution in [2.75, 3.05) is 10.6 Å². The van der Waals surface area contributed by atoms with Gasteiger partial charge in [-0.25, -0.2) is 4.79 Å². The Hall–Kier alpha value is -4.00. The maximum Gasteiger partial charge on any atom is 0.412 e. The Bertz CT molecular complexity index is 1130. The van der Waals surface area contributed by atoms with Crippen molar-refractivity contribution < 1.29 is 19.1 Å². The number of benzene rings is 2. The summed E-state index contributed by atoms with van der Waals surface area (Å²) in [7, 11) is 0. The van der Waals surface area contributed by atoms with Crippen molar-refractivity contribution in [3.63, 3.8) is 0 Å². The number of nitrogens with one attached hydrogen (secondary N) is 2. The molecule has 0 spiro atoms. The van der Waals surface area contributed by atoms with Crippen LogP contribution in [0.1, 0.15) is 52.7 Å². The number of nitrogens with zero attached hydrogens (tertiary/aromatic N) is 1. The highest BCUT2D eigenvalue weighted by Gasteiger charge is 2.16. The zero-order valence-corrected chi connectivity index (χ0v) is 19.1. The summed E-state index contributed by atoms with van der Waals surface area (Å²) in [6.07, 6.45) is 1.00. The van der Waals surface area contributed by atoms with E-state index in [2.05, 4.69) is 15.6 Å². The van der Waals surface area contributed by atoms with Crippen LogP contribution in [0.25, 0.3) is 0 Å². The number of anilines is 2. The Labute approximate surface area is 193 Å². The third-order valence-electron chi connectivity index (χ3n) is 4.58. The van der Waals surface area contributed by atoms with Gasteiger partial charge >= 0.3 is 6.09 Å². The van der Waals surface area contributed by atoms with Crippen molar-refractivity contribution in [1.29, 1.82) is 0 Å². The monoisotopic (exact) mass is 445 g/mol. The lowest BCUT2D eigenvalue weighted by Crippen LogP contribution is -2.27. The molecule has 0 saturated carbocycles. The van der Waals surface area contributed by atoms with Crippen LogP contribution < -0.4 is 10.6 Å². The highest BCUT2D eigenvalue weighted by Crippen LogP contribution is 2.15. The summed E-state index contributed by atoms with van der Waals surface area (Å²) < 4.78 is 5.22. The minimum absolute atomic E-state index is 0.147. The predicted octanol–water partition coefficient (Wildman–Crippen LogP) is 5.41. The first-order chi connectivity index (χ1) is 15.6. The van der Waals surface area contributed by atoms with Gasteiger partial charge in [-0.15, -0.1) is 0 Å². The normalized spacial score (nSPS) is 10.9. The molecule has 0 bridgehead atoms. The highest BCUT2D eigenvalue weighted by atomic mass is 16.6. The van der Waals surface area contributed by atoms with Crippen LogP contribution in [0.3, 0.4) is 0 Å². The summed E-state index contributed by atoms with van der Waals surface area (Å²) in [4.78, 5) is 41.0. The fraction of sp³-hybridized carbons (Fsp3) is 0.231. The molecule has 0 radical (unpaired) electrons. The largest absolute Gasteiger partial charge is 0.444 e. The third-order valence-corrected chi connectivity index (χ3v) is 4.58. The van der Waals surface area contributed by atoms with Gasteiger partial charge < -0.3 is 10.1 Å². The van der Waals surface area contributed by atoms with Gasteiger partial charge in [-0.2, -0.15) is 0 Å². The molecule has 0 fully saturated rings. The second-order valence-electron chi connectivity index (χ2n) is 8.68. The number of amides is 2. The number of aryl methyl sites for hydroxylation is 1. The SMILES string of the molecule is Cc1ccc(NC(=O)c2ccc(C(=O)Cc3ccc(NC(=O)OC(C)(C)C)cc3)nc2)cc1. The van der Waals surface area contributed by atoms with Crippen LogP contribution in [0, 0.1) is 6.92 Å². The molecule has 0 aliphatic carbocycles. The Kier molecular flexibility index (Phi) is 7.23. The maximum absolute atomic E-state index is 12.6. The average Bonchev–Trinajstić information content (AvgIpc) is 2.75. The molecule has 0 aliphatic heterocycles. The molecule has 3 aromatic rings. The highest BCUT2D eigenvalue weighted by molar-refractivity contribution is 6.04. The topological polar surface area (TPSA) is 97.4 Å². The zero-order valence-electron chi connectivity index (χ0n) is 19.1. The summed E-state index contributed by atoms with van der Waals surface area (Å²) in [5.41, 5.74) is 3.20. The van der Waals surface area contributed by atoms with Crippen molar-refractivity contribution in [2.24, 2.45) is 0 Å². The molecule has 1 aromatic heterocycles. The fourth-order valence-electron chi connectivity index (χ4n) is 2.94. The molecule has 3 rings (SSSR count). The van der Waals surface area contributed by atoms with E-state index in [1.54, 1.807) is 57.2 Å². The lowest BCUT2D eigenvalue weighted by Gasteiger charge is -2.19. The van der Waals surface area contributed by atoms with E-state index in [1.807, 2.05) is 31.2 Å². The molecule has 7 nitrogen and oxygen atoms in total. The molecule has 2 aromatic carbocycles. The summed E-state index contributed by atoms with van der Waals surface area (Å²) in [6.45, 7) is 7.34. The van der Waals surface area contributed by atoms with Gasteiger partial charge in [0.2, 0.25) is 0 Å². The second kappa shape index (κ2) is 10.1. The molecule has 0 unspecified atom stereocenters. The van der Waals surface area contributed by atoms with Crippen LogP contribution >= 0.6 is 0 Å². The molecule has 0 aliphatic rings. The Morgan fingerprint density at radius 1 is 0.848 bits per heavy atom. The molecule has 0 saturated heterocycles. The van der Waals surface area contributed by atoms with Crippen LogP contribution in [0.2, 0.25) is 0 Å². The molecular formula is C26H27N3O4. The molecular weight excluding hydrogens is 418 g/mol. The van der Waals surface area contributed by atoms with Gasteiger partial charge in [-0.05, 0) is 69.7 Å². The molecule has 2 N–H and O–H groups in total. The number of rotatable bonds is 6. The quantitative estimate of drug-likeness (QED) is 0.494. The molecule has 2 amide bonds. The number of pyridine rings is 1. The Morgan fingerprint density at radius 3 is 2.03 bits per heavy atom.